The fourth-order valence-corrected chi connectivity index (χ4v) is 6.39. The van der Waals surface area contributed by atoms with E-state index in [0.29, 0.717) is 36.7 Å². The number of rotatable bonds is 7. The number of aryl methyl sites for hydroxylation is 2. The van der Waals surface area contributed by atoms with Gasteiger partial charge in [-0.1, -0.05) is 0 Å². The second-order valence-corrected chi connectivity index (χ2v) is 11.6. The van der Waals surface area contributed by atoms with Gasteiger partial charge < -0.3 is 18.9 Å². The van der Waals surface area contributed by atoms with Gasteiger partial charge in [0.1, 0.15) is 17.5 Å². The third-order valence-electron chi connectivity index (χ3n) is 8.85. The molecule has 6 rings (SSSR count). The zero-order chi connectivity index (χ0) is 32.0. The lowest BCUT2D eigenvalue weighted by atomic mass is 10.0. The van der Waals surface area contributed by atoms with Crippen LogP contribution in [0.2, 0.25) is 0 Å². The highest BCUT2D eigenvalue weighted by Crippen LogP contribution is 2.37. The first-order chi connectivity index (χ1) is 21.6. The van der Waals surface area contributed by atoms with E-state index in [-0.39, 0.29) is 29.5 Å². The Hall–Kier alpha value is -4.97. The normalized spacial score (nSPS) is 18.7. The molecule has 0 spiro atoms. The number of methoxy groups -OCH3 is 2. The van der Waals surface area contributed by atoms with Crippen molar-refractivity contribution in [2.75, 3.05) is 45.3 Å². The number of ether oxygens (including phenoxy) is 2. The Balaban J connectivity index is 1.16. The predicted octanol–water partition coefficient (Wildman–Crippen LogP) is 2.10. The number of fused-ring (bicyclic) bond motifs is 1. The van der Waals surface area contributed by atoms with Crippen LogP contribution in [0, 0.1) is 6.92 Å². The van der Waals surface area contributed by atoms with E-state index >= 15 is 0 Å². The van der Waals surface area contributed by atoms with Gasteiger partial charge in [-0.05, 0) is 60.9 Å². The summed E-state index contributed by atoms with van der Waals surface area (Å²) in [5, 5.41) is 2.23. The minimum Gasteiger partial charge on any atom is -0.496 e. The van der Waals surface area contributed by atoms with Crippen molar-refractivity contribution in [2.24, 2.45) is 7.05 Å². The van der Waals surface area contributed by atoms with Gasteiger partial charge >= 0.3 is 0 Å². The zero-order valence-corrected chi connectivity index (χ0v) is 25.7. The Morgan fingerprint density at radius 3 is 2.13 bits per heavy atom. The molecule has 2 aromatic carbocycles. The van der Waals surface area contributed by atoms with E-state index in [1.54, 1.807) is 51.1 Å². The largest absolute Gasteiger partial charge is 0.496 e. The monoisotopic (exact) mass is 613 g/mol. The van der Waals surface area contributed by atoms with Crippen molar-refractivity contribution in [3.63, 3.8) is 0 Å². The van der Waals surface area contributed by atoms with Crippen LogP contribution in [0.5, 0.6) is 11.5 Å². The molecule has 0 radical (unpaired) electrons. The van der Waals surface area contributed by atoms with Crippen molar-refractivity contribution >= 4 is 29.3 Å². The number of piperidine rings is 1. The number of imide groups is 2. The molecule has 3 aliphatic heterocycles. The SMILES string of the molecule is COc1cc(-c2cc(C)c(=O)n(C)c2)cc(OC)c1CN1CCN(c2ccc3c(c2)C(=O)N(C2CCC(=O)NC2=O)C3=O)CC1. The first kappa shape index (κ1) is 30.1. The van der Waals surface area contributed by atoms with Crippen molar-refractivity contribution in [1.82, 2.24) is 19.7 Å². The van der Waals surface area contributed by atoms with Crippen LogP contribution in [0.3, 0.4) is 0 Å². The summed E-state index contributed by atoms with van der Waals surface area (Å²) in [6.45, 7) is 5.26. The Morgan fingerprint density at radius 1 is 0.844 bits per heavy atom. The molecule has 12 heteroatoms. The van der Waals surface area contributed by atoms with Gasteiger partial charge in [0.15, 0.2) is 0 Å². The minimum absolute atomic E-state index is 0.0392. The van der Waals surface area contributed by atoms with Crippen molar-refractivity contribution < 1.29 is 28.7 Å². The van der Waals surface area contributed by atoms with Crippen molar-refractivity contribution in [3.8, 4) is 22.6 Å². The molecule has 3 aliphatic rings. The number of anilines is 1. The molecule has 0 aliphatic carbocycles. The van der Waals surface area contributed by atoms with E-state index in [0.717, 1.165) is 40.4 Å². The zero-order valence-electron chi connectivity index (χ0n) is 25.7. The quantitative estimate of drug-likeness (QED) is 0.398. The van der Waals surface area contributed by atoms with Gasteiger partial charge in [-0.15, -0.1) is 0 Å². The minimum atomic E-state index is -0.990. The number of carbonyl (C=O) groups excluding carboxylic acids is 4. The molecule has 234 valence electrons. The molecule has 12 nitrogen and oxygen atoms in total. The molecule has 4 heterocycles. The number of aromatic nitrogens is 1. The molecular weight excluding hydrogens is 578 g/mol. The molecule has 3 aromatic rings. The molecule has 0 saturated carbocycles. The van der Waals surface area contributed by atoms with Gasteiger partial charge in [-0.3, -0.25) is 39.1 Å². The summed E-state index contributed by atoms with van der Waals surface area (Å²) in [7, 11) is 5.00. The number of hydrogen-bond acceptors (Lipinski definition) is 9. The van der Waals surface area contributed by atoms with E-state index in [4.69, 9.17) is 9.47 Å². The maximum absolute atomic E-state index is 13.3. The summed E-state index contributed by atoms with van der Waals surface area (Å²) in [5.74, 6) is -0.662. The van der Waals surface area contributed by atoms with Crippen LogP contribution < -0.4 is 25.2 Å². The third-order valence-corrected chi connectivity index (χ3v) is 8.85. The Kier molecular flexibility index (Phi) is 7.92. The number of pyridine rings is 1. The van der Waals surface area contributed by atoms with Gasteiger partial charge in [-0.25, -0.2) is 0 Å². The molecule has 1 aromatic heterocycles. The summed E-state index contributed by atoms with van der Waals surface area (Å²) in [4.78, 5) is 68.0. The number of carbonyl (C=O) groups is 4. The van der Waals surface area contributed by atoms with Gasteiger partial charge in [0.05, 0.1) is 30.9 Å². The topological polar surface area (TPSA) is 130 Å². The number of piperazine rings is 1. The average Bonchev–Trinajstić information content (AvgIpc) is 3.28. The fourth-order valence-electron chi connectivity index (χ4n) is 6.39. The molecule has 2 saturated heterocycles. The summed E-state index contributed by atoms with van der Waals surface area (Å²) >= 11 is 0. The average molecular weight is 614 g/mol. The Bertz CT molecular complexity index is 1740. The fraction of sp³-hybridized carbons (Fsp3) is 0.364. The van der Waals surface area contributed by atoms with Crippen molar-refractivity contribution in [2.45, 2.75) is 32.4 Å². The van der Waals surface area contributed by atoms with Gasteiger partial charge in [0.2, 0.25) is 11.8 Å². The first-order valence-electron chi connectivity index (χ1n) is 14.8. The van der Waals surface area contributed by atoms with Crippen LogP contribution >= 0.6 is 0 Å². The van der Waals surface area contributed by atoms with Crippen LogP contribution in [-0.4, -0.2) is 84.4 Å². The van der Waals surface area contributed by atoms with E-state index in [1.807, 2.05) is 24.3 Å². The Labute approximate surface area is 260 Å². The molecule has 1 N–H and O–H groups in total. The number of hydrogen-bond donors (Lipinski definition) is 1. The molecule has 45 heavy (non-hydrogen) atoms. The van der Waals surface area contributed by atoms with Crippen LogP contribution in [0.4, 0.5) is 5.69 Å². The molecule has 2 fully saturated rings. The number of amides is 4. The standard InChI is InChI=1S/C33H35N5O7/c1-19-13-21(17-35(2)31(19)41)20-14-27(44-3)25(28(15-20)45-4)18-36-9-11-37(12-10-36)22-5-6-23-24(16-22)33(43)38(32(23)42)26-7-8-29(39)34-30(26)40/h5-6,13-17,26H,7-12,18H2,1-4H3,(H,34,39,40). The third kappa shape index (κ3) is 5.46. The summed E-state index contributed by atoms with van der Waals surface area (Å²) in [6, 6.07) is 10.0. The molecule has 1 atom stereocenters. The summed E-state index contributed by atoms with van der Waals surface area (Å²) in [5.41, 5.74) is 4.68. The highest BCUT2D eigenvalue weighted by atomic mass is 16.5. The maximum Gasteiger partial charge on any atom is 0.262 e. The second-order valence-electron chi connectivity index (χ2n) is 11.6. The smallest absolute Gasteiger partial charge is 0.262 e. The highest BCUT2D eigenvalue weighted by Gasteiger charge is 2.44. The second kappa shape index (κ2) is 11.8. The van der Waals surface area contributed by atoms with Crippen LogP contribution in [0.25, 0.3) is 11.1 Å². The van der Waals surface area contributed by atoms with E-state index in [9.17, 15) is 24.0 Å². The van der Waals surface area contributed by atoms with E-state index < -0.39 is 29.7 Å². The number of nitrogens with one attached hydrogen (secondary N) is 1. The van der Waals surface area contributed by atoms with Crippen molar-refractivity contribution in [1.29, 1.82) is 0 Å². The lowest BCUT2D eigenvalue weighted by molar-refractivity contribution is -0.136. The highest BCUT2D eigenvalue weighted by molar-refractivity contribution is 6.23. The molecule has 1 unspecified atom stereocenters. The van der Waals surface area contributed by atoms with Crippen LogP contribution in [0.15, 0.2) is 47.4 Å². The van der Waals surface area contributed by atoms with Gasteiger partial charge in [0, 0.05) is 63.6 Å². The Morgan fingerprint density at radius 2 is 1.51 bits per heavy atom. The summed E-state index contributed by atoms with van der Waals surface area (Å²) < 4.78 is 13.2. The summed E-state index contributed by atoms with van der Waals surface area (Å²) in [6.07, 6.45) is 2.00. The molecule has 0 bridgehead atoms. The first-order valence-corrected chi connectivity index (χ1v) is 14.8. The van der Waals surface area contributed by atoms with E-state index in [2.05, 4.69) is 15.1 Å². The van der Waals surface area contributed by atoms with Gasteiger partial charge in [-0.2, -0.15) is 0 Å². The predicted molar refractivity (Wildman–Crippen MR) is 166 cm³/mol. The van der Waals surface area contributed by atoms with Crippen LogP contribution in [-0.2, 0) is 23.2 Å². The van der Waals surface area contributed by atoms with Gasteiger partial charge in [0.25, 0.3) is 17.4 Å². The lowest BCUT2D eigenvalue weighted by Crippen LogP contribution is -2.54. The van der Waals surface area contributed by atoms with E-state index in [1.165, 1.54) is 0 Å². The van der Waals surface area contributed by atoms with Crippen molar-refractivity contribution in [3.05, 3.63) is 75.2 Å². The van der Waals surface area contributed by atoms with Crippen LogP contribution in [0.1, 0.15) is 44.7 Å². The lowest BCUT2D eigenvalue weighted by Gasteiger charge is -2.36. The maximum atomic E-state index is 13.3. The molecule has 4 amide bonds. The molecular formula is C33H35N5O7. The number of nitrogens with zero attached hydrogens (tertiary/aromatic N) is 4. The number of benzene rings is 2.